The standard InChI is InChI=1S/C27H33N3O5S/c1-27(2,3)29-26(31)20-16-36-25(28-20)15-30(14-19-7-9-22-24(13-19)35-17-34-22)11-10-18-6-8-21(32-4)23(12-18)33-5/h6-9,12-13,16H,10-11,14-15,17H2,1-5H3,(H,29,31). The molecule has 1 aliphatic heterocycles. The number of carbonyl (C=O) groups is 1. The fourth-order valence-corrected chi connectivity index (χ4v) is 4.73. The topological polar surface area (TPSA) is 82.2 Å². The number of thiazole rings is 1. The number of amides is 1. The molecule has 192 valence electrons. The van der Waals surface area contributed by atoms with Gasteiger partial charge < -0.3 is 24.3 Å². The van der Waals surface area contributed by atoms with Crippen molar-refractivity contribution in [3.05, 3.63) is 63.6 Å². The number of methoxy groups -OCH3 is 2. The number of ether oxygens (including phenoxy) is 4. The zero-order valence-electron chi connectivity index (χ0n) is 21.4. The summed E-state index contributed by atoms with van der Waals surface area (Å²) >= 11 is 1.50. The third-order valence-electron chi connectivity index (χ3n) is 5.64. The van der Waals surface area contributed by atoms with Gasteiger partial charge in [-0.15, -0.1) is 11.3 Å². The summed E-state index contributed by atoms with van der Waals surface area (Å²) in [7, 11) is 3.28. The lowest BCUT2D eigenvalue weighted by molar-refractivity contribution is 0.0914. The molecule has 0 fully saturated rings. The molecule has 0 spiro atoms. The molecule has 4 rings (SSSR count). The SMILES string of the molecule is COc1ccc(CCN(Cc2ccc3c(c2)OCO3)Cc2nc(C(=O)NC(C)(C)C)cs2)cc1OC. The van der Waals surface area contributed by atoms with Crippen LogP contribution < -0.4 is 24.3 Å². The molecule has 2 aromatic carbocycles. The van der Waals surface area contributed by atoms with Crippen LogP contribution in [0, 0.1) is 0 Å². The van der Waals surface area contributed by atoms with Gasteiger partial charge in [0.1, 0.15) is 10.7 Å². The molecule has 0 unspecified atom stereocenters. The van der Waals surface area contributed by atoms with Crippen LogP contribution in [0.1, 0.15) is 47.4 Å². The zero-order chi connectivity index (χ0) is 25.7. The van der Waals surface area contributed by atoms with Gasteiger partial charge in [0.25, 0.3) is 5.91 Å². The van der Waals surface area contributed by atoms with Crippen molar-refractivity contribution in [3.63, 3.8) is 0 Å². The Morgan fingerprint density at radius 2 is 1.78 bits per heavy atom. The molecule has 8 nitrogen and oxygen atoms in total. The molecule has 1 aliphatic rings. The van der Waals surface area contributed by atoms with Gasteiger partial charge in [-0.1, -0.05) is 12.1 Å². The predicted molar refractivity (Wildman–Crippen MR) is 139 cm³/mol. The Kier molecular flexibility index (Phi) is 8.01. The van der Waals surface area contributed by atoms with Crippen molar-refractivity contribution >= 4 is 17.2 Å². The average Bonchev–Trinajstić information content (AvgIpc) is 3.50. The van der Waals surface area contributed by atoms with E-state index in [1.807, 2.05) is 50.4 Å². The number of carbonyl (C=O) groups excluding carboxylic acids is 1. The number of hydrogen-bond donors (Lipinski definition) is 1. The maximum Gasteiger partial charge on any atom is 0.271 e. The second-order valence-electron chi connectivity index (χ2n) is 9.67. The highest BCUT2D eigenvalue weighted by Crippen LogP contribution is 2.33. The summed E-state index contributed by atoms with van der Waals surface area (Å²) in [6.07, 6.45) is 0.813. The molecular formula is C27H33N3O5S. The largest absolute Gasteiger partial charge is 0.493 e. The molecule has 0 bridgehead atoms. The van der Waals surface area contributed by atoms with Crippen LogP contribution >= 0.6 is 11.3 Å². The van der Waals surface area contributed by atoms with Crippen molar-refractivity contribution in [2.24, 2.45) is 0 Å². The van der Waals surface area contributed by atoms with Crippen molar-refractivity contribution < 1.29 is 23.7 Å². The van der Waals surface area contributed by atoms with Crippen molar-refractivity contribution in [2.45, 2.75) is 45.8 Å². The van der Waals surface area contributed by atoms with Gasteiger partial charge in [0, 0.05) is 24.0 Å². The minimum atomic E-state index is -0.314. The molecule has 0 aliphatic carbocycles. The third kappa shape index (κ3) is 6.67. The van der Waals surface area contributed by atoms with E-state index in [1.54, 1.807) is 14.2 Å². The first-order valence-corrected chi connectivity index (χ1v) is 12.7. The third-order valence-corrected chi connectivity index (χ3v) is 6.47. The summed E-state index contributed by atoms with van der Waals surface area (Å²) < 4.78 is 21.9. The highest BCUT2D eigenvalue weighted by molar-refractivity contribution is 7.09. The fourth-order valence-electron chi connectivity index (χ4n) is 3.92. The molecule has 0 saturated carbocycles. The Balaban J connectivity index is 1.49. The van der Waals surface area contributed by atoms with E-state index < -0.39 is 0 Å². The Labute approximate surface area is 216 Å². The summed E-state index contributed by atoms with van der Waals surface area (Å²) in [4.78, 5) is 19.5. The van der Waals surface area contributed by atoms with Crippen molar-refractivity contribution in [2.75, 3.05) is 27.6 Å². The van der Waals surface area contributed by atoms with Gasteiger partial charge in [-0.05, 0) is 62.6 Å². The highest BCUT2D eigenvalue weighted by Gasteiger charge is 2.20. The Morgan fingerprint density at radius 1 is 1.03 bits per heavy atom. The number of aromatic nitrogens is 1. The van der Waals surface area contributed by atoms with Gasteiger partial charge in [-0.3, -0.25) is 9.69 Å². The van der Waals surface area contributed by atoms with Gasteiger partial charge >= 0.3 is 0 Å². The monoisotopic (exact) mass is 511 g/mol. The summed E-state index contributed by atoms with van der Waals surface area (Å²) in [6, 6.07) is 12.0. The van der Waals surface area contributed by atoms with Gasteiger partial charge in [0.2, 0.25) is 6.79 Å². The summed E-state index contributed by atoms with van der Waals surface area (Å²) in [6.45, 7) is 8.23. The molecule has 0 radical (unpaired) electrons. The first kappa shape index (κ1) is 25.8. The van der Waals surface area contributed by atoms with E-state index in [2.05, 4.69) is 27.3 Å². The van der Waals surface area contributed by atoms with E-state index in [-0.39, 0.29) is 18.2 Å². The average molecular weight is 512 g/mol. The molecule has 0 saturated heterocycles. The lowest BCUT2D eigenvalue weighted by Gasteiger charge is -2.22. The van der Waals surface area contributed by atoms with Gasteiger partial charge in [-0.2, -0.15) is 0 Å². The van der Waals surface area contributed by atoms with Crippen LogP contribution in [0.3, 0.4) is 0 Å². The molecule has 36 heavy (non-hydrogen) atoms. The number of hydrogen-bond acceptors (Lipinski definition) is 8. The summed E-state index contributed by atoms with van der Waals surface area (Å²) in [5, 5.41) is 5.69. The van der Waals surface area contributed by atoms with E-state index in [9.17, 15) is 4.79 Å². The van der Waals surface area contributed by atoms with Crippen LogP contribution in [0.15, 0.2) is 41.8 Å². The Morgan fingerprint density at radius 3 is 2.53 bits per heavy atom. The number of rotatable bonds is 10. The Hall–Kier alpha value is -3.30. The van der Waals surface area contributed by atoms with E-state index >= 15 is 0 Å². The first-order chi connectivity index (χ1) is 17.2. The fraction of sp³-hybridized carbons (Fsp3) is 0.407. The quantitative estimate of drug-likeness (QED) is 0.424. The van der Waals surface area contributed by atoms with E-state index in [4.69, 9.17) is 18.9 Å². The van der Waals surface area contributed by atoms with Gasteiger partial charge in [0.15, 0.2) is 23.0 Å². The molecule has 0 atom stereocenters. The van der Waals surface area contributed by atoms with Crippen molar-refractivity contribution in [1.82, 2.24) is 15.2 Å². The lowest BCUT2D eigenvalue weighted by Crippen LogP contribution is -2.40. The van der Waals surface area contributed by atoms with E-state index in [0.717, 1.165) is 40.6 Å². The molecule has 3 aromatic rings. The highest BCUT2D eigenvalue weighted by atomic mass is 32.1. The number of nitrogens with zero attached hydrogens (tertiary/aromatic N) is 2. The normalized spacial score (nSPS) is 12.6. The number of nitrogens with one attached hydrogen (secondary N) is 1. The second-order valence-corrected chi connectivity index (χ2v) is 10.6. The van der Waals surface area contributed by atoms with E-state index in [1.165, 1.54) is 11.3 Å². The first-order valence-electron chi connectivity index (χ1n) is 11.8. The van der Waals surface area contributed by atoms with Crippen LogP contribution in [0.4, 0.5) is 0 Å². The lowest BCUT2D eigenvalue weighted by atomic mass is 10.1. The summed E-state index contributed by atoms with van der Waals surface area (Å²) in [5.74, 6) is 2.81. The van der Waals surface area contributed by atoms with Gasteiger partial charge in [-0.25, -0.2) is 4.98 Å². The molecule has 9 heteroatoms. The van der Waals surface area contributed by atoms with Crippen LogP contribution in [0.5, 0.6) is 23.0 Å². The molecule has 1 aromatic heterocycles. The molecule has 1 amide bonds. The minimum absolute atomic E-state index is 0.155. The van der Waals surface area contributed by atoms with Crippen LogP contribution in [0.2, 0.25) is 0 Å². The number of fused-ring (bicyclic) bond motifs is 1. The molecule has 1 N–H and O–H groups in total. The molecule has 2 heterocycles. The maximum atomic E-state index is 12.6. The minimum Gasteiger partial charge on any atom is -0.493 e. The maximum absolute atomic E-state index is 12.6. The smallest absolute Gasteiger partial charge is 0.271 e. The summed E-state index contributed by atoms with van der Waals surface area (Å²) in [5.41, 5.74) is 2.40. The predicted octanol–water partition coefficient (Wildman–Crippen LogP) is 4.66. The van der Waals surface area contributed by atoms with Crippen LogP contribution in [-0.4, -0.2) is 48.9 Å². The Bertz CT molecular complexity index is 1200. The molecular weight excluding hydrogens is 478 g/mol. The van der Waals surface area contributed by atoms with Gasteiger partial charge in [0.05, 0.1) is 20.8 Å². The van der Waals surface area contributed by atoms with Crippen molar-refractivity contribution in [3.8, 4) is 23.0 Å². The zero-order valence-corrected chi connectivity index (χ0v) is 22.2. The second kappa shape index (κ2) is 11.2. The number of benzene rings is 2. The van der Waals surface area contributed by atoms with E-state index in [0.29, 0.717) is 30.3 Å². The van der Waals surface area contributed by atoms with Crippen LogP contribution in [0.25, 0.3) is 0 Å². The van der Waals surface area contributed by atoms with Crippen molar-refractivity contribution in [1.29, 1.82) is 0 Å². The van der Waals surface area contributed by atoms with Crippen LogP contribution in [-0.2, 0) is 19.5 Å².